The van der Waals surface area contributed by atoms with Crippen molar-refractivity contribution in [1.82, 2.24) is 16.0 Å². The molecule has 0 saturated heterocycles. The average molecular weight is 484 g/mol. The van der Waals surface area contributed by atoms with E-state index in [1.807, 2.05) is 67.6 Å². The van der Waals surface area contributed by atoms with Gasteiger partial charge in [0.15, 0.2) is 0 Å². The van der Waals surface area contributed by atoms with Crippen LogP contribution in [0.15, 0.2) is 60.7 Å². The van der Waals surface area contributed by atoms with Gasteiger partial charge in [0.1, 0.15) is 18.2 Å². The fourth-order valence-corrected chi connectivity index (χ4v) is 3.34. The standard InChI is InChI=1S/C27H37N3O5/c1-19(21-15-11-8-12-16-21)29-23(31)22(30-25(33)35-26(2,3)4)27(5,6)18-28-24(32)34-17-20-13-9-7-10-14-20/h7-16,19,22H,17-18H2,1-6H3,(H,28,32)(H,29,31)(H,30,33)/t19-,22-/m0/s1. The van der Waals surface area contributed by atoms with E-state index in [1.165, 1.54) is 0 Å². The highest BCUT2D eigenvalue weighted by atomic mass is 16.6. The lowest BCUT2D eigenvalue weighted by atomic mass is 9.83. The number of amides is 3. The summed E-state index contributed by atoms with van der Waals surface area (Å²) in [5.74, 6) is -0.392. The summed E-state index contributed by atoms with van der Waals surface area (Å²) < 4.78 is 10.6. The molecule has 2 atom stereocenters. The number of rotatable bonds is 9. The van der Waals surface area contributed by atoms with Crippen LogP contribution in [0.25, 0.3) is 0 Å². The van der Waals surface area contributed by atoms with Crippen LogP contribution in [0.4, 0.5) is 9.59 Å². The minimum atomic E-state index is -0.988. The first kappa shape index (κ1) is 27.7. The maximum Gasteiger partial charge on any atom is 0.408 e. The van der Waals surface area contributed by atoms with E-state index >= 15 is 0 Å². The molecule has 0 aliphatic rings. The lowest BCUT2D eigenvalue weighted by molar-refractivity contribution is -0.126. The van der Waals surface area contributed by atoms with Gasteiger partial charge in [0.05, 0.1) is 6.04 Å². The molecule has 0 bridgehead atoms. The van der Waals surface area contributed by atoms with Crippen molar-refractivity contribution in [3.63, 3.8) is 0 Å². The van der Waals surface area contributed by atoms with Crippen LogP contribution in [-0.4, -0.2) is 36.3 Å². The second kappa shape index (κ2) is 12.2. The molecule has 3 N–H and O–H groups in total. The molecular weight excluding hydrogens is 446 g/mol. The van der Waals surface area contributed by atoms with Crippen molar-refractivity contribution in [1.29, 1.82) is 0 Å². The molecule has 2 aromatic rings. The van der Waals surface area contributed by atoms with Crippen LogP contribution in [0.5, 0.6) is 0 Å². The first-order valence-corrected chi connectivity index (χ1v) is 11.7. The highest BCUT2D eigenvalue weighted by molar-refractivity contribution is 5.87. The van der Waals surface area contributed by atoms with Crippen molar-refractivity contribution in [3.8, 4) is 0 Å². The molecule has 0 spiro atoms. The highest BCUT2D eigenvalue weighted by Gasteiger charge is 2.38. The SMILES string of the molecule is C[C@H](NC(=O)[C@H](NC(=O)OC(C)(C)C)C(C)(C)CNC(=O)OCc1ccccc1)c1ccccc1. The zero-order chi connectivity index (χ0) is 26.1. The third-order valence-corrected chi connectivity index (χ3v) is 5.26. The second-order valence-corrected chi connectivity index (χ2v) is 10.1. The van der Waals surface area contributed by atoms with Gasteiger partial charge in [-0.05, 0) is 38.8 Å². The Morgan fingerprint density at radius 1 is 0.829 bits per heavy atom. The van der Waals surface area contributed by atoms with Gasteiger partial charge in [0, 0.05) is 12.0 Å². The lowest BCUT2D eigenvalue weighted by Gasteiger charge is -2.35. The van der Waals surface area contributed by atoms with Gasteiger partial charge in [-0.15, -0.1) is 0 Å². The quantitative estimate of drug-likeness (QED) is 0.479. The number of ether oxygens (including phenoxy) is 2. The molecule has 3 amide bonds. The highest BCUT2D eigenvalue weighted by Crippen LogP contribution is 2.22. The molecule has 0 radical (unpaired) electrons. The van der Waals surface area contributed by atoms with Crippen molar-refractivity contribution in [3.05, 3.63) is 71.8 Å². The van der Waals surface area contributed by atoms with E-state index in [0.717, 1.165) is 11.1 Å². The summed E-state index contributed by atoms with van der Waals surface area (Å²) in [4.78, 5) is 38.1. The fourth-order valence-electron chi connectivity index (χ4n) is 3.34. The van der Waals surface area contributed by atoms with Crippen LogP contribution >= 0.6 is 0 Å². The maximum absolute atomic E-state index is 13.3. The summed E-state index contributed by atoms with van der Waals surface area (Å²) in [6.07, 6.45) is -1.33. The van der Waals surface area contributed by atoms with Crippen molar-refractivity contribution >= 4 is 18.1 Å². The smallest absolute Gasteiger partial charge is 0.408 e. The number of hydrogen-bond acceptors (Lipinski definition) is 5. The minimum Gasteiger partial charge on any atom is -0.445 e. The maximum atomic E-state index is 13.3. The molecule has 0 aromatic heterocycles. The van der Waals surface area contributed by atoms with Gasteiger partial charge in [0.2, 0.25) is 5.91 Å². The zero-order valence-electron chi connectivity index (χ0n) is 21.4. The van der Waals surface area contributed by atoms with Crippen LogP contribution in [0.1, 0.15) is 58.7 Å². The largest absolute Gasteiger partial charge is 0.445 e. The van der Waals surface area contributed by atoms with E-state index in [4.69, 9.17) is 9.47 Å². The van der Waals surface area contributed by atoms with E-state index in [0.29, 0.717) is 0 Å². The molecule has 190 valence electrons. The normalized spacial score (nSPS) is 13.2. The van der Waals surface area contributed by atoms with Crippen molar-refractivity contribution < 1.29 is 23.9 Å². The Balaban J connectivity index is 2.07. The van der Waals surface area contributed by atoms with Crippen LogP contribution in [0.2, 0.25) is 0 Å². The molecule has 0 saturated carbocycles. The Bertz CT molecular complexity index is 971. The second-order valence-electron chi connectivity index (χ2n) is 10.1. The summed E-state index contributed by atoms with van der Waals surface area (Å²) in [6, 6.07) is 17.6. The fraction of sp³-hybridized carbons (Fsp3) is 0.444. The third-order valence-electron chi connectivity index (χ3n) is 5.26. The van der Waals surface area contributed by atoms with Gasteiger partial charge in [-0.25, -0.2) is 9.59 Å². The molecule has 0 fully saturated rings. The molecule has 2 rings (SSSR count). The average Bonchev–Trinajstić information content (AvgIpc) is 2.80. The molecule has 35 heavy (non-hydrogen) atoms. The van der Waals surface area contributed by atoms with Gasteiger partial charge in [-0.1, -0.05) is 74.5 Å². The van der Waals surface area contributed by atoms with Crippen molar-refractivity contribution in [2.45, 2.75) is 65.8 Å². The van der Waals surface area contributed by atoms with E-state index in [1.54, 1.807) is 34.6 Å². The number of carbonyl (C=O) groups excluding carboxylic acids is 3. The van der Waals surface area contributed by atoms with E-state index < -0.39 is 35.2 Å². The van der Waals surface area contributed by atoms with Gasteiger partial charge in [0.25, 0.3) is 0 Å². The van der Waals surface area contributed by atoms with E-state index in [2.05, 4.69) is 16.0 Å². The number of benzene rings is 2. The van der Waals surface area contributed by atoms with Gasteiger partial charge < -0.3 is 25.4 Å². The van der Waals surface area contributed by atoms with Crippen LogP contribution in [0, 0.1) is 5.41 Å². The Morgan fingerprint density at radius 3 is 1.97 bits per heavy atom. The molecule has 0 aliphatic heterocycles. The third kappa shape index (κ3) is 9.68. The molecule has 0 aliphatic carbocycles. The van der Waals surface area contributed by atoms with Crippen LogP contribution in [0.3, 0.4) is 0 Å². The number of nitrogens with one attached hydrogen (secondary N) is 3. The Labute approximate surface area is 207 Å². The number of hydrogen-bond donors (Lipinski definition) is 3. The van der Waals surface area contributed by atoms with Gasteiger partial charge in [-0.2, -0.15) is 0 Å². The first-order valence-electron chi connectivity index (χ1n) is 11.7. The molecular formula is C27H37N3O5. The molecule has 8 heteroatoms. The predicted octanol–water partition coefficient (Wildman–Crippen LogP) is 4.71. The van der Waals surface area contributed by atoms with Crippen molar-refractivity contribution in [2.75, 3.05) is 6.54 Å². The summed E-state index contributed by atoms with van der Waals surface area (Å²) in [5, 5.41) is 8.34. The lowest BCUT2D eigenvalue weighted by Crippen LogP contribution is -2.58. The monoisotopic (exact) mass is 483 g/mol. The van der Waals surface area contributed by atoms with Crippen molar-refractivity contribution in [2.24, 2.45) is 5.41 Å². The Hall–Kier alpha value is -3.55. The van der Waals surface area contributed by atoms with E-state index in [9.17, 15) is 14.4 Å². The van der Waals surface area contributed by atoms with Crippen LogP contribution in [-0.2, 0) is 20.9 Å². The topological polar surface area (TPSA) is 106 Å². The summed E-state index contributed by atoms with van der Waals surface area (Å²) >= 11 is 0. The first-order chi connectivity index (χ1) is 16.4. The minimum absolute atomic E-state index is 0.0776. The Morgan fingerprint density at radius 2 is 1.40 bits per heavy atom. The van der Waals surface area contributed by atoms with Gasteiger partial charge in [-0.3, -0.25) is 4.79 Å². The summed E-state index contributed by atoms with van der Waals surface area (Å²) in [7, 11) is 0. The summed E-state index contributed by atoms with van der Waals surface area (Å²) in [6.45, 7) is 10.9. The molecule has 0 unspecified atom stereocenters. The number of alkyl carbamates (subject to hydrolysis) is 2. The van der Waals surface area contributed by atoms with E-state index in [-0.39, 0.29) is 19.2 Å². The predicted molar refractivity (Wildman–Crippen MR) is 135 cm³/mol. The molecule has 2 aromatic carbocycles. The Kier molecular flexibility index (Phi) is 9.68. The summed E-state index contributed by atoms with van der Waals surface area (Å²) in [5.41, 5.74) is 0.188. The zero-order valence-corrected chi connectivity index (χ0v) is 21.4. The van der Waals surface area contributed by atoms with Crippen LogP contribution < -0.4 is 16.0 Å². The van der Waals surface area contributed by atoms with Gasteiger partial charge >= 0.3 is 12.2 Å². The number of carbonyl (C=O) groups is 3. The molecule has 0 heterocycles. The molecule has 8 nitrogen and oxygen atoms in total.